The Kier molecular flexibility index (Phi) is 38.8. The summed E-state index contributed by atoms with van der Waals surface area (Å²) in [5.74, 6) is -0.153. The maximum absolute atomic E-state index is 10.6. The number of nitrogens with two attached hydrogens (primary N) is 1. The summed E-state index contributed by atoms with van der Waals surface area (Å²) in [4.78, 5) is 10.6. The molecule has 0 radical (unpaired) electrons. The van der Waals surface area contributed by atoms with E-state index >= 15 is 0 Å². The molecule has 0 aliphatic carbocycles. The van der Waals surface area contributed by atoms with Gasteiger partial charge in [-0.25, -0.2) is 0 Å². The van der Waals surface area contributed by atoms with E-state index in [0.717, 1.165) is 6.42 Å². The van der Waals surface area contributed by atoms with E-state index in [4.69, 9.17) is 5.73 Å². The first-order valence-corrected chi connectivity index (χ1v) is 9.55. The van der Waals surface area contributed by atoms with Crippen molar-refractivity contribution in [3.63, 3.8) is 0 Å². The molecule has 0 aromatic rings. The minimum Gasteiger partial charge on any atom is -0.370 e. The molecule has 4 nitrogen and oxygen atoms in total. The molecule has 0 aromatic heterocycles. The van der Waals surface area contributed by atoms with E-state index in [1.54, 1.807) is 0 Å². The van der Waals surface area contributed by atoms with E-state index in [9.17, 15) is 4.79 Å². The summed E-state index contributed by atoms with van der Waals surface area (Å²) < 4.78 is 0. The number of primary amides is 1. The van der Waals surface area contributed by atoms with Crippen LogP contribution in [0, 0.1) is 0 Å². The zero-order valence-corrected chi connectivity index (χ0v) is 16.6. The van der Waals surface area contributed by atoms with Crippen LogP contribution in [0.25, 0.3) is 0 Å². The summed E-state index contributed by atoms with van der Waals surface area (Å²) in [6, 6.07) is 0. The van der Waals surface area contributed by atoms with Gasteiger partial charge in [-0.3, -0.25) is 4.79 Å². The van der Waals surface area contributed by atoms with Gasteiger partial charge < -0.3 is 18.0 Å². The summed E-state index contributed by atoms with van der Waals surface area (Å²) in [5.41, 5.74) is 5.11. The minimum absolute atomic E-state index is 0. The monoisotopic (exact) mass is 345 g/mol. The molecule has 0 aromatic carbocycles. The summed E-state index contributed by atoms with van der Waals surface area (Å²) in [6.07, 6.45) is 20.9. The second-order valence-corrected chi connectivity index (χ2v) is 6.17. The third-order valence-electron chi connectivity index (χ3n) is 4.03. The number of unbranched alkanes of at least 4 members (excludes halogenated alkanes) is 14. The van der Waals surface area contributed by atoms with Crippen molar-refractivity contribution in [1.29, 1.82) is 0 Å². The molecule has 0 bridgehead atoms. The van der Waals surface area contributed by atoms with Crippen LogP contribution in [-0.2, 0) is 4.79 Å². The highest BCUT2D eigenvalue weighted by atomic mass is 16.1. The molecule has 0 rings (SSSR count). The highest BCUT2D eigenvalue weighted by Gasteiger charge is 1.96. The lowest BCUT2D eigenvalue weighted by molar-refractivity contribution is -0.118. The highest BCUT2D eigenvalue weighted by molar-refractivity contribution is 5.73. The lowest BCUT2D eigenvalue weighted by atomic mass is 10.0. The van der Waals surface area contributed by atoms with Crippen molar-refractivity contribution < 1.29 is 4.79 Å². The van der Waals surface area contributed by atoms with Crippen LogP contribution in [0.4, 0.5) is 0 Å². The molecular formula is C20H47N3O. The van der Waals surface area contributed by atoms with Gasteiger partial charge in [0, 0.05) is 6.42 Å². The molecule has 24 heavy (non-hydrogen) atoms. The molecule has 148 valence electrons. The molecule has 0 aliphatic rings. The van der Waals surface area contributed by atoms with Gasteiger partial charge in [-0.15, -0.1) is 13.2 Å². The number of amides is 1. The van der Waals surface area contributed by atoms with Crippen LogP contribution in [0.2, 0.25) is 0 Å². The van der Waals surface area contributed by atoms with E-state index in [1.807, 2.05) is 0 Å². The van der Waals surface area contributed by atoms with E-state index in [0.29, 0.717) is 6.42 Å². The van der Waals surface area contributed by atoms with Gasteiger partial charge in [0.1, 0.15) is 0 Å². The molecule has 1 amide bonds. The van der Waals surface area contributed by atoms with Gasteiger partial charge in [0.25, 0.3) is 0 Å². The summed E-state index contributed by atoms with van der Waals surface area (Å²) in [6.45, 7) is 8.28. The largest absolute Gasteiger partial charge is 0.370 e. The predicted octanol–water partition coefficient (Wildman–Crippen LogP) is 6.86. The number of rotatable bonds is 16. The molecule has 0 saturated heterocycles. The van der Waals surface area contributed by atoms with Crippen molar-refractivity contribution >= 4 is 5.91 Å². The van der Waals surface area contributed by atoms with Gasteiger partial charge in [0.05, 0.1) is 0 Å². The zero-order valence-electron chi connectivity index (χ0n) is 16.6. The average Bonchev–Trinajstić information content (AvgIpc) is 2.53. The SMILES string of the molecule is C=C.CCCCCCCCCCCCCCCCCC(N)=O.N.N. The van der Waals surface area contributed by atoms with Crippen molar-refractivity contribution in [2.24, 2.45) is 5.73 Å². The Bertz CT molecular complexity index is 223. The van der Waals surface area contributed by atoms with Gasteiger partial charge in [0.2, 0.25) is 5.91 Å². The maximum Gasteiger partial charge on any atom is 0.217 e. The Morgan fingerprint density at radius 1 is 0.625 bits per heavy atom. The van der Waals surface area contributed by atoms with Crippen LogP contribution in [-0.4, -0.2) is 5.91 Å². The average molecular weight is 346 g/mol. The number of carbonyl (C=O) groups is 1. The topological polar surface area (TPSA) is 113 Å². The number of hydrogen-bond donors (Lipinski definition) is 3. The first kappa shape index (κ1) is 31.0. The van der Waals surface area contributed by atoms with Crippen LogP contribution in [0.1, 0.15) is 110 Å². The molecule has 8 N–H and O–H groups in total. The van der Waals surface area contributed by atoms with Gasteiger partial charge in [-0.05, 0) is 6.42 Å². The molecule has 0 aliphatic heterocycles. The molecule has 0 heterocycles. The minimum atomic E-state index is -0.153. The molecule has 0 fully saturated rings. The molecule has 0 spiro atoms. The van der Waals surface area contributed by atoms with Gasteiger partial charge in [0.15, 0.2) is 0 Å². The van der Waals surface area contributed by atoms with Gasteiger partial charge in [-0.1, -0.05) is 96.8 Å². The smallest absolute Gasteiger partial charge is 0.217 e. The normalized spacial score (nSPS) is 9.21. The van der Waals surface area contributed by atoms with E-state index in [1.165, 1.54) is 89.9 Å². The van der Waals surface area contributed by atoms with Crippen LogP contribution in [0.15, 0.2) is 13.2 Å². The van der Waals surface area contributed by atoms with Crippen molar-refractivity contribution in [2.45, 2.75) is 110 Å². The fourth-order valence-corrected chi connectivity index (χ4v) is 2.67. The summed E-state index contributed by atoms with van der Waals surface area (Å²) in [5, 5.41) is 0. The predicted molar refractivity (Wildman–Crippen MR) is 110 cm³/mol. The quantitative estimate of drug-likeness (QED) is 0.210. The molecule has 0 unspecified atom stereocenters. The first-order valence-electron chi connectivity index (χ1n) is 9.55. The Hall–Kier alpha value is -0.870. The Balaban J connectivity index is -0.000000480. The van der Waals surface area contributed by atoms with Crippen LogP contribution >= 0.6 is 0 Å². The molecule has 4 heteroatoms. The first-order chi connectivity index (χ1) is 10.8. The van der Waals surface area contributed by atoms with Crippen molar-refractivity contribution in [3.05, 3.63) is 13.2 Å². The molecule has 0 atom stereocenters. The Labute approximate surface area is 152 Å². The second kappa shape index (κ2) is 30.1. The summed E-state index contributed by atoms with van der Waals surface area (Å²) in [7, 11) is 0. The molecule has 0 saturated carbocycles. The van der Waals surface area contributed by atoms with Crippen molar-refractivity contribution in [1.82, 2.24) is 12.3 Å². The fourth-order valence-electron chi connectivity index (χ4n) is 2.67. The second-order valence-electron chi connectivity index (χ2n) is 6.17. The van der Waals surface area contributed by atoms with Crippen molar-refractivity contribution in [2.75, 3.05) is 0 Å². The third-order valence-corrected chi connectivity index (χ3v) is 4.03. The highest BCUT2D eigenvalue weighted by Crippen LogP contribution is 2.13. The standard InChI is InChI=1S/C18H37NO.C2H4.2H3N/c1-2-3-4-5-6-7-8-9-10-11-12-13-14-15-16-17-18(19)20;1-2;;/h2-17H2,1H3,(H2,19,20);1-2H2;2*1H3. The van der Waals surface area contributed by atoms with E-state index in [-0.39, 0.29) is 18.2 Å². The lowest BCUT2D eigenvalue weighted by Gasteiger charge is -2.03. The van der Waals surface area contributed by atoms with E-state index < -0.39 is 0 Å². The Morgan fingerprint density at radius 3 is 1.12 bits per heavy atom. The molecular weight excluding hydrogens is 298 g/mol. The maximum atomic E-state index is 10.6. The van der Waals surface area contributed by atoms with E-state index in [2.05, 4.69) is 20.1 Å². The van der Waals surface area contributed by atoms with Gasteiger partial charge in [-0.2, -0.15) is 0 Å². The summed E-state index contributed by atoms with van der Waals surface area (Å²) >= 11 is 0. The number of carbonyl (C=O) groups excluding carboxylic acids is 1. The van der Waals surface area contributed by atoms with Crippen LogP contribution in [0.5, 0.6) is 0 Å². The van der Waals surface area contributed by atoms with Crippen molar-refractivity contribution in [3.8, 4) is 0 Å². The van der Waals surface area contributed by atoms with Crippen LogP contribution < -0.4 is 18.0 Å². The lowest BCUT2D eigenvalue weighted by Crippen LogP contribution is -2.09. The van der Waals surface area contributed by atoms with Gasteiger partial charge >= 0.3 is 0 Å². The fraction of sp³-hybridized carbons (Fsp3) is 0.850. The zero-order chi connectivity index (χ0) is 16.9. The van der Waals surface area contributed by atoms with Crippen LogP contribution in [0.3, 0.4) is 0 Å². The Morgan fingerprint density at radius 2 is 0.875 bits per heavy atom. The third kappa shape index (κ3) is 32.9. The number of hydrogen-bond acceptors (Lipinski definition) is 3.